The summed E-state index contributed by atoms with van der Waals surface area (Å²) in [5, 5.41) is 4.01. The number of sulfone groups is 1. The van der Waals surface area contributed by atoms with E-state index in [9.17, 15) is 22.8 Å². The number of nitrogens with one attached hydrogen (secondary N) is 1. The molecule has 9 nitrogen and oxygen atoms in total. The maximum Gasteiger partial charge on any atom is 0.312 e. The van der Waals surface area contributed by atoms with Gasteiger partial charge >= 0.3 is 12.0 Å². The second-order valence-electron chi connectivity index (χ2n) is 7.30. The van der Waals surface area contributed by atoms with Crippen molar-refractivity contribution in [2.45, 2.75) is 18.5 Å². The number of hydrogen-bond acceptors (Lipinski definition) is 6. The summed E-state index contributed by atoms with van der Waals surface area (Å²) >= 11 is 5.88. The van der Waals surface area contributed by atoms with E-state index in [4.69, 9.17) is 22.1 Å². The van der Waals surface area contributed by atoms with Gasteiger partial charge in [0.2, 0.25) is 0 Å². The van der Waals surface area contributed by atoms with Crippen LogP contribution in [0.3, 0.4) is 0 Å². The fourth-order valence-electron chi connectivity index (χ4n) is 3.39. The number of amides is 3. The molecule has 3 amide bonds. The second-order valence-corrected chi connectivity index (χ2v) is 9.67. The lowest BCUT2D eigenvalue weighted by atomic mass is 10.0. The highest BCUT2D eigenvalue weighted by atomic mass is 35.5. The summed E-state index contributed by atoms with van der Waals surface area (Å²) in [6.07, 6.45) is 1.15. The van der Waals surface area contributed by atoms with Crippen molar-refractivity contribution in [3.05, 3.63) is 76.7 Å². The molecule has 2 aromatic carbocycles. The molecule has 1 aliphatic rings. The van der Waals surface area contributed by atoms with Crippen LogP contribution in [0.4, 0.5) is 10.5 Å². The summed E-state index contributed by atoms with van der Waals surface area (Å²) in [7, 11) is -3.42. The minimum Gasteiger partial charge on any atom is -0.455 e. The normalized spacial score (nSPS) is 17.2. The van der Waals surface area contributed by atoms with Gasteiger partial charge in [0.05, 0.1) is 24.3 Å². The molecule has 0 saturated carbocycles. The van der Waals surface area contributed by atoms with Crippen molar-refractivity contribution in [3.63, 3.8) is 0 Å². The number of primary amides is 1. The lowest BCUT2D eigenvalue weighted by Gasteiger charge is -2.27. The quantitative estimate of drug-likeness (QED) is 0.544. The third-order valence-corrected chi connectivity index (χ3v) is 6.49. The SMILES string of the molecule is NC(=O)N[C@H](CC(=O)OCC(=O)N(c1ccccc1)[C@H]1C=CS(=O)(=O)C1)c1ccc(Cl)cc1. The minimum absolute atomic E-state index is 0.261. The lowest BCUT2D eigenvalue weighted by Crippen LogP contribution is -2.43. The van der Waals surface area contributed by atoms with Gasteiger partial charge in [0.25, 0.3) is 5.91 Å². The molecule has 0 bridgehead atoms. The molecule has 0 saturated heterocycles. The van der Waals surface area contributed by atoms with Gasteiger partial charge in [0.1, 0.15) is 0 Å². The summed E-state index contributed by atoms with van der Waals surface area (Å²) in [6, 6.07) is 12.6. The highest BCUT2D eigenvalue weighted by molar-refractivity contribution is 7.94. The molecule has 1 heterocycles. The van der Waals surface area contributed by atoms with E-state index >= 15 is 0 Å². The van der Waals surface area contributed by atoms with E-state index in [0.29, 0.717) is 16.3 Å². The van der Waals surface area contributed by atoms with Gasteiger partial charge in [-0.2, -0.15) is 0 Å². The summed E-state index contributed by atoms with van der Waals surface area (Å²) in [6.45, 7) is -0.609. The van der Waals surface area contributed by atoms with Crippen LogP contribution in [0.1, 0.15) is 18.0 Å². The highest BCUT2D eigenvalue weighted by Crippen LogP contribution is 2.23. The van der Waals surface area contributed by atoms with Crippen molar-refractivity contribution in [2.24, 2.45) is 5.73 Å². The van der Waals surface area contributed by atoms with Crippen molar-refractivity contribution in [1.82, 2.24) is 5.32 Å². The standard InChI is InChI=1S/C22H22ClN3O6S/c23-16-8-6-15(7-9-16)19(25-22(24)29)12-21(28)32-13-20(27)26(17-4-2-1-3-5-17)18-10-11-33(30,31)14-18/h1-11,18-19H,12-14H2,(H3,24,25,29)/t18-,19+/m0/s1. The van der Waals surface area contributed by atoms with Crippen LogP contribution in [-0.4, -0.2) is 44.7 Å². The number of ether oxygens (including phenoxy) is 1. The number of halogens is 1. The highest BCUT2D eigenvalue weighted by Gasteiger charge is 2.32. The molecule has 3 N–H and O–H groups in total. The second kappa shape index (κ2) is 10.5. The van der Waals surface area contributed by atoms with Crippen LogP contribution in [0, 0.1) is 0 Å². The van der Waals surface area contributed by atoms with Gasteiger partial charge in [0, 0.05) is 16.1 Å². The van der Waals surface area contributed by atoms with Crippen molar-refractivity contribution in [3.8, 4) is 0 Å². The molecule has 0 fully saturated rings. The van der Waals surface area contributed by atoms with Gasteiger partial charge in [-0.25, -0.2) is 13.2 Å². The van der Waals surface area contributed by atoms with Gasteiger partial charge in [-0.1, -0.05) is 41.9 Å². The number of hydrogen-bond donors (Lipinski definition) is 2. The van der Waals surface area contributed by atoms with Gasteiger partial charge < -0.3 is 20.7 Å². The monoisotopic (exact) mass is 491 g/mol. The minimum atomic E-state index is -3.42. The van der Waals surface area contributed by atoms with Gasteiger partial charge in [-0.15, -0.1) is 0 Å². The Morgan fingerprint density at radius 1 is 1.12 bits per heavy atom. The van der Waals surface area contributed by atoms with E-state index in [1.54, 1.807) is 54.6 Å². The number of carbonyl (C=O) groups excluding carboxylic acids is 3. The Balaban J connectivity index is 1.68. The molecule has 0 unspecified atom stereocenters. The van der Waals surface area contributed by atoms with Crippen molar-refractivity contribution < 1.29 is 27.5 Å². The number of nitrogens with zero attached hydrogens (tertiary/aromatic N) is 1. The molecule has 0 spiro atoms. The molecule has 2 atom stereocenters. The number of benzene rings is 2. The van der Waals surface area contributed by atoms with E-state index in [2.05, 4.69) is 5.32 Å². The largest absolute Gasteiger partial charge is 0.455 e. The zero-order valence-corrected chi connectivity index (χ0v) is 19.0. The molecule has 3 rings (SSSR count). The Morgan fingerprint density at radius 3 is 2.36 bits per heavy atom. The van der Waals surface area contributed by atoms with Crippen LogP contribution >= 0.6 is 11.6 Å². The van der Waals surface area contributed by atoms with Crippen LogP contribution in [0.25, 0.3) is 0 Å². The van der Waals surface area contributed by atoms with E-state index in [1.807, 2.05) is 0 Å². The van der Waals surface area contributed by atoms with Crippen LogP contribution < -0.4 is 16.0 Å². The van der Waals surface area contributed by atoms with Crippen molar-refractivity contribution in [1.29, 1.82) is 0 Å². The van der Waals surface area contributed by atoms with E-state index in [-0.39, 0.29) is 12.2 Å². The smallest absolute Gasteiger partial charge is 0.312 e. The Bertz CT molecular complexity index is 1150. The predicted molar refractivity (Wildman–Crippen MR) is 123 cm³/mol. The van der Waals surface area contributed by atoms with Crippen LogP contribution in [0.2, 0.25) is 5.02 Å². The van der Waals surface area contributed by atoms with E-state index < -0.39 is 46.4 Å². The Hall–Kier alpha value is -3.37. The number of rotatable bonds is 8. The first-order valence-electron chi connectivity index (χ1n) is 9.90. The van der Waals surface area contributed by atoms with Gasteiger partial charge in [0.15, 0.2) is 16.4 Å². The van der Waals surface area contributed by atoms with Crippen LogP contribution in [0.5, 0.6) is 0 Å². The number of para-hydroxylation sites is 1. The Morgan fingerprint density at radius 2 is 1.79 bits per heavy atom. The molecule has 0 aliphatic carbocycles. The predicted octanol–water partition coefficient (Wildman–Crippen LogP) is 2.33. The molecule has 1 aliphatic heterocycles. The zero-order chi connectivity index (χ0) is 24.0. The van der Waals surface area contributed by atoms with E-state index in [1.165, 1.54) is 11.0 Å². The number of urea groups is 1. The number of anilines is 1. The van der Waals surface area contributed by atoms with Crippen molar-refractivity contribution in [2.75, 3.05) is 17.3 Å². The van der Waals surface area contributed by atoms with Crippen LogP contribution in [-0.2, 0) is 24.2 Å². The molecule has 33 heavy (non-hydrogen) atoms. The summed E-state index contributed by atoms with van der Waals surface area (Å²) < 4.78 is 28.9. The summed E-state index contributed by atoms with van der Waals surface area (Å²) in [4.78, 5) is 38.0. The Labute approximate surface area is 196 Å². The Kier molecular flexibility index (Phi) is 7.72. The fraction of sp³-hybridized carbons (Fsp3) is 0.227. The molecule has 0 aromatic heterocycles. The first-order chi connectivity index (χ1) is 15.6. The molecule has 174 valence electrons. The molecule has 0 radical (unpaired) electrons. The van der Waals surface area contributed by atoms with Crippen LogP contribution in [0.15, 0.2) is 66.1 Å². The summed E-state index contributed by atoms with van der Waals surface area (Å²) in [5.41, 5.74) is 6.26. The molecular weight excluding hydrogens is 470 g/mol. The first kappa shape index (κ1) is 24.3. The third kappa shape index (κ3) is 6.80. The maximum absolute atomic E-state index is 12.9. The lowest BCUT2D eigenvalue weighted by molar-refractivity contribution is -0.148. The number of esters is 1. The fourth-order valence-corrected chi connectivity index (χ4v) is 4.78. The topological polar surface area (TPSA) is 136 Å². The molecule has 2 aromatic rings. The average Bonchev–Trinajstić information content (AvgIpc) is 3.12. The average molecular weight is 492 g/mol. The zero-order valence-electron chi connectivity index (χ0n) is 17.4. The summed E-state index contributed by atoms with van der Waals surface area (Å²) in [5.74, 6) is -1.60. The maximum atomic E-state index is 12.9. The van der Waals surface area contributed by atoms with Gasteiger partial charge in [-0.3, -0.25) is 9.59 Å². The molecule has 11 heteroatoms. The van der Waals surface area contributed by atoms with Gasteiger partial charge in [-0.05, 0) is 35.9 Å². The number of carbonyl (C=O) groups is 3. The third-order valence-electron chi connectivity index (χ3n) is 4.86. The number of nitrogens with two attached hydrogens (primary N) is 1. The molecular formula is C22H22ClN3O6S. The van der Waals surface area contributed by atoms with Crippen molar-refractivity contribution >= 4 is 45.0 Å². The first-order valence-corrected chi connectivity index (χ1v) is 12.0. The van der Waals surface area contributed by atoms with E-state index in [0.717, 1.165) is 5.41 Å².